The van der Waals surface area contributed by atoms with Gasteiger partial charge in [-0.1, -0.05) is 17.7 Å². The van der Waals surface area contributed by atoms with Crippen LogP contribution in [-0.2, 0) is 9.47 Å². The average molecular weight is 192 g/mol. The second-order valence-electron chi connectivity index (χ2n) is 2.59. The van der Waals surface area contributed by atoms with Gasteiger partial charge in [0.1, 0.15) is 0 Å². The van der Waals surface area contributed by atoms with Crippen LogP contribution in [0.1, 0.15) is 0 Å². The van der Waals surface area contributed by atoms with E-state index in [1.54, 1.807) is 0 Å². The molecule has 1 atom stereocenters. The highest BCUT2D eigenvalue weighted by Crippen LogP contribution is 1.98. The van der Waals surface area contributed by atoms with Crippen LogP contribution in [0.15, 0.2) is 11.6 Å². The molecule has 0 aromatic rings. The smallest absolute Gasteiger partial charge is 0.0933 e. The Hall–Kier alpha value is -0.0900. The minimum Gasteiger partial charge on any atom is -0.376 e. The lowest BCUT2D eigenvalue weighted by Gasteiger charge is -2.22. The average Bonchev–Trinajstić information content (AvgIpc) is 2.14. The SMILES string of the molecule is Cl/C=C/CNCC1COCCO1. The summed E-state index contributed by atoms with van der Waals surface area (Å²) in [6.45, 7) is 3.72. The highest BCUT2D eigenvalue weighted by Gasteiger charge is 2.12. The summed E-state index contributed by atoms with van der Waals surface area (Å²) < 4.78 is 10.6. The molecule has 0 aromatic heterocycles. The van der Waals surface area contributed by atoms with Crippen molar-refractivity contribution in [1.82, 2.24) is 5.32 Å². The van der Waals surface area contributed by atoms with Crippen LogP contribution in [0.25, 0.3) is 0 Å². The van der Waals surface area contributed by atoms with Crippen molar-refractivity contribution < 1.29 is 9.47 Å². The van der Waals surface area contributed by atoms with Crippen molar-refractivity contribution >= 4 is 11.6 Å². The zero-order valence-electron chi connectivity index (χ0n) is 6.96. The molecule has 0 radical (unpaired) electrons. The fourth-order valence-electron chi connectivity index (χ4n) is 1.03. The zero-order valence-corrected chi connectivity index (χ0v) is 7.72. The topological polar surface area (TPSA) is 30.5 Å². The quantitative estimate of drug-likeness (QED) is 0.666. The number of nitrogens with one attached hydrogen (secondary N) is 1. The number of ether oxygens (including phenoxy) is 2. The number of hydrogen-bond donors (Lipinski definition) is 1. The molecule has 4 heteroatoms. The Morgan fingerprint density at radius 1 is 1.50 bits per heavy atom. The van der Waals surface area contributed by atoms with Crippen molar-refractivity contribution in [3.05, 3.63) is 11.6 Å². The fraction of sp³-hybridized carbons (Fsp3) is 0.750. The molecule has 1 N–H and O–H groups in total. The summed E-state index contributed by atoms with van der Waals surface area (Å²) in [4.78, 5) is 0. The molecule has 1 saturated heterocycles. The standard InChI is InChI=1S/C8H14ClNO2/c9-2-1-3-10-6-8-7-11-4-5-12-8/h1-2,8,10H,3-7H2/b2-1+. The highest BCUT2D eigenvalue weighted by molar-refractivity contribution is 6.25. The summed E-state index contributed by atoms with van der Waals surface area (Å²) in [5.41, 5.74) is 1.51. The van der Waals surface area contributed by atoms with E-state index in [4.69, 9.17) is 21.1 Å². The van der Waals surface area contributed by atoms with Gasteiger partial charge in [-0.2, -0.15) is 0 Å². The first-order chi connectivity index (χ1) is 5.93. The summed E-state index contributed by atoms with van der Waals surface area (Å²) in [5, 5.41) is 3.18. The van der Waals surface area contributed by atoms with Gasteiger partial charge in [-0.05, 0) is 0 Å². The van der Waals surface area contributed by atoms with E-state index in [1.165, 1.54) is 5.54 Å². The summed E-state index contributed by atoms with van der Waals surface area (Å²) >= 11 is 5.35. The molecule has 0 bridgehead atoms. The normalized spacial score (nSPS) is 24.9. The van der Waals surface area contributed by atoms with Gasteiger partial charge in [0.15, 0.2) is 0 Å². The lowest BCUT2D eigenvalue weighted by Crippen LogP contribution is -2.37. The Kier molecular flexibility index (Phi) is 5.35. The van der Waals surface area contributed by atoms with Crippen LogP contribution in [0.4, 0.5) is 0 Å². The monoisotopic (exact) mass is 191 g/mol. The molecule has 0 aliphatic carbocycles. The van der Waals surface area contributed by atoms with Gasteiger partial charge < -0.3 is 14.8 Å². The van der Waals surface area contributed by atoms with E-state index in [1.807, 2.05) is 6.08 Å². The molecule has 1 fully saturated rings. The van der Waals surface area contributed by atoms with E-state index in [0.29, 0.717) is 13.2 Å². The predicted octanol–water partition coefficient (Wildman–Crippen LogP) is 0.744. The molecule has 1 aliphatic rings. The van der Waals surface area contributed by atoms with Crippen molar-refractivity contribution in [2.45, 2.75) is 6.10 Å². The van der Waals surface area contributed by atoms with Crippen molar-refractivity contribution in [3.63, 3.8) is 0 Å². The van der Waals surface area contributed by atoms with Gasteiger partial charge in [-0.25, -0.2) is 0 Å². The van der Waals surface area contributed by atoms with Gasteiger partial charge in [-0.15, -0.1) is 0 Å². The third-order valence-electron chi connectivity index (χ3n) is 1.61. The Balaban J connectivity index is 1.97. The van der Waals surface area contributed by atoms with Crippen LogP contribution in [0.5, 0.6) is 0 Å². The molecule has 0 spiro atoms. The number of halogens is 1. The van der Waals surface area contributed by atoms with Crippen LogP contribution in [0, 0.1) is 0 Å². The minimum absolute atomic E-state index is 0.197. The van der Waals surface area contributed by atoms with Gasteiger partial charge in [0.25, 0.3) is 0 Å². The minimum atomic E-state index is 0.197. The second-order valence-corrected chi connectivity index (χ2v) is 2.84. The van der Waals surface area contributed by atoms with Crippen molar-refractivity contribution in [2.75, 3.05) is 32.9 Å². The van der Waals surface area contributed by atoms with Crippen LogP contribution < -0.4 is 5.32 Å². The Morgan fingerprint density at radius 3 is 3.08 bits per heavy atom. The van der Waals surface area contributed by atoms with Crippen LogP contribution >= 0.6 is 11.6 Å². The number of rotatable bonds is 4. The van der Waals surface area contributed by atoms with Crippen molar-refractivity contribution in [3.8, 4) is 0 Å². The molecule has 1 unspecified atom stereocenters. The molecule has 3 nitrogen and oxygen atoms in total. The Labute approximate surface area is 77.7 Å². The largest absolute Gasteiger partial charge is 0.376 e. The molecule has 1 heterocycles. The van der Waals surface area contributed by atoms with Crippen molar-refractivity contribution in [1.29, 1.82) is 0 Å². The van der Waals surface area contributed by atoms with E-state index in [2.05, 4.69) is 5.32 Å². The van der Waals surface area contributed by atoms with Crippen molar-refractivity contribution in [2.24, 2.45) is 0 Å². The lowest BCUT2D eigenvalue weighted by atomic mass is 10.3. The summed E-state index contributed by atoms with van der Waals surface area (Å²) in [7, 11) is 0. The first-order valence-corrected chi connectivity index (χ1v) is 4.52. The summed E-state index contributed by atoms with van der Waals surface area (Å²) in [6.07, 6.45) is 2.05. The van der Waals surface area contributed by atoms with Gasteiger partial charge in [0, 0.05) is 18.6 Å². The number of hydrogen-bond acceptors (Lipinski definition) is 3. The maximum absolute atomic E-state index is 5.41. The van der Waals surface area contributed by atoms with Crippen LogP contribution in [-0.4, -0.2) is 39.0 Å². The molecule has 0 saturated carbocycles. The van der Waals surface area contributed by atoms with E-state index in [0.717, 1.165) is 19.7 Å². The van der Waals surface area contributed by atoms with Gasteiger partial charge in [0.2, 0.25) is 0 Å². The molecular weight excluding hydrogens is 178 g/mol. The molecule has 1 rings (SSSR count). The first kappa shape index (κ1) is 9.99. The third kappa shape index (κ3) is 4.07. The molecule has 0 amide bonds. The van der Waals surface area contributed by atoms with Gasteiger partial charge in [0.05, 0.1) is 25.9 Å². The van der Waals surface area contributed by atoms with Gasteiger partial charge in [-0.3, -0.25) is 0 Å². The summed E-state index contributed by atoms with van der Waals surface area (Å²) in [6, 6.07) is 0. The second kappa shape index (κ2) is 6.43. The highest BCUT2D eigenvalue weighted by atomic mass is 35.5. The molecular formula is C8H14ClNO2. The zero-order chi connectivity index (χ0) is 8.65. The van der Waals surface area contributed by atoms with E-state index in [9.17, 15) is 0 Å². The molecule has 12 heavy (non-hydrogen) atoms. The summed E-state index contributed by atoms with van der Waals surface area (Å²) in [5.74, 6) is 0. The van der Waals surface area contributed by atoms with Crippen LogP contribution in [0.2, 0.25) is 0 Å². The maximum atomic E-state index is 5.41. The molecule has 1 aliphatic heterocycles. The van der Waals surface area contributed by atoms with Gasteiger partial charge >= 0.3 is 0 Å². The fourth-order valence-corrected chi connectivity index (χ4v) is 1.12. The predicted molar refractivity (Wildman–Crippen MR) is 48.4 cm³/mol. The Morgan fingerprint density at radius 2 is 2.42 bits per heavy atom. The first-order valence-electron chi connectivity index (χ1n) is 4.09. The lowest BCUT2D eigenvalue weighted by molar-refractivity contribution is -0.0860. The van der Waals surface area contributed by atoms with Crippen LogP contribution in [0.3, 0.4) is 0 Å². The van der Waals surface area contributed by atoms with E-state index < -0.39 is 0 Å². The molecule has 70 valence electrons. The third-order valence-corrected chi connectivity index (χ3v) is 1.79. The van der Waals surface area contributed by atoms with E-state index >= 15 is 0 Å². The molecule has 0 aromatic carbocycles. The van der Waals surface area contributed by atoms with E-state index in [-0.39, 0.29) is 6.10 Å². The Bertz CT molecular complexity index is 135. The maximum Gasteiger partial charge on any atom is 0.0933 e.